The van der Waals surface area contributed by atoms with Gasteiger partial charge in [0.2, 0.25) is 0 Å². The van der Waals surface area contributed by atoms with Gasteiger partial charge in [-0.2, -0.15) is 0 Å². The van der Waals surface area contributed by atoms with Crippen molar-refractivity contribution in [2.75, 3.05) is 16.9 Å². The number of anilines is 1. The van der Waals surface area contributed by atoms with Crippen LogP contribution in [0.1, 0.15) is 5.56 Å². The first kappa shape index (κ1) is 13.7. The van der Waals surface area contributed by atoms with Crippen molar-refractivity contribution in [1.82, 2.24) is 4.90 Å². The fraction of sp³-hybridized carbons (Fsp3) is 0.333. The molecule has 2 rings (SSSR count). The normalized spacial score (nSPS) is 18.4. The highest BCUT2D eigenvalue weighted by Gasteiger charge is 2.34. The number of aliphatic carboxylic acids is 1. The molecule has 102 valence electrons. The van der Waals surface area contributed by atoms with E-state index in [-0.39, 0.29) is 0 Å². The van der Waals surface area contributed by atoms with Gasteiger partial charge in [0.1, 0.15) is 11.9 Å². The Bertz CT molecular complexity index is 524. The van der Waals surface area contributed by atoms with Gasteiger partial charge in [-0.1, -0.05) is 6.07 Å². The summed E-state index contributed by atoms with van der Waals surface area (Å²) in [5.74, 6) is -0.762. The number of carboxylic acids is 1. The van der Waals surface area contributed by atoms with E-state index in [1.807, 2.05) is 0 Å². The first-order valence-electron chi connectivity index (χ1n) is 5.64. The largest absolute Gasteiger partial charge is 0.480 e. The predicted molar refractivity (Wildman–Crippen MR) is 70.7 cm³/mol. The fourth-order valence-electron chi connectivity index (χ4n) is 1.78. The predicted octanol–water partition coefficient (Wildman–Crippen LogP) is 2.13. The molecule has 2 N–H and O–H groups in total. The molecule has 19 heavy (non-hydrogen) atoms. The van der Waals surface area contributed by atoms with Gasteiger partial charge in [0.15, 0.2) is 0 Å². The van der Waals surface area contributed by atoms with Crippen LogP contribution in [0.4, 0.5) is 14.9 Å². The minimum absolute atomic E-state index is 0.317. The van der Waals surface area contributed by atoms with Crippen LogP contribution >= 0.6 is 11.8 Å². The lowest BCUT2D eigenvalue weighted by Crippen LogP contribution is -2.44. The molecule has 1 aliphatic heterocycles. The molecule has 0 saturated carbocycles. The number of hydrogen-bond acceptors (Lipinski definition) is 3. The van der Waals surface area contributed by atoms with Crippen LogP contribution in [-0.2, 0) is 4.79 Å². The molecular weight excluding hydrogens is 271 g/mol. The molecule has 0 aromatic heterocycles. The van der Waals surface area contributed by atoms with Crippen LogP contribution in [0.15, 0.2) is 18.2 Å². The van der Waals surface area contributed by atoms with E-state index >= 15 is 0 Å². The highest BCUT2D eigenvalue weighted by molar-refractivity contribution is 7.99. The number of nitrogens with one attached hydrogen (secondary N) is 1. The lowest BCUT2D eigenvalue weighted by atomic mass is 10.2. The number of thioether (sulfide) groups is 1. The van der Waals surface area contributed by atoms with E-state index in [0.29, 0.717) is 22.9 Å². The number of carbonyl (C=O) groups excluding carboxylic acids is 1. The Morgan fingerprint density at radius 3 is 2.95 bits per heavy atom. The summed E-state index contributed by atoms with van der Waals surface area (Å²) in [4.78, 5) is 24.2. The van der Waals surface area contributed by atoms with Crippen molar-refractivity contribution >= 4 is 29.4 Å². The minimum atomic E-state index is -1.03. The highest BCUT2D eigenvalue weighted by atomic mass is 32.2. The third kappa shape index (κ3) is 2.81. The Morgan fingerprint density at radius 1 is 1.53 bits per heavy atom. The van der Waals surface area contributed by atoms with Crippen LogP contribution in [0.25, 0.3) is 0 Å². The molecule has 0 unspecified atom stereocenters. The number of nitrogens with zero attached hydrogens (tertiary/aromatic N) is 1. The maximum atomic E-state index is 13.3. The van der Waals surface area contributed by atoms with Crippen LogP contribution < -0.4 is 5.32 Å². The Labute approximate surface area is 113 Å². The van der Waals surface area contributed by atoms with E-state index in [0.717, 1.165) is 0 Å². The summed E-state index contributed by atoms with van der Waals surface area (Å²) >= 11 is 1.38. The molecule has 0 bridgehead atoms. The standard InChI is InChI=1S/C12H13FN2O3S/c1-7-8(13)3-2-4-9(7)14-12(18)15-6-19-5-10(15)11(16)17/h2-4,10H,5-6H2,1H3,(H,14,18)(H,16,17)/t10-/m1/s1. The maximum Gasteiger partial charge on any atom is 0.327 e. The number of amides is 2. The Morgan fingerprint density at radius 2 is 2.26 bits per heavy atom. The number of benzene rings is 1. The zero-order valence-corrected chi connectivity index (χ0v) is 11.0. The third-order valence-electron chi connectivity index (χ3n) is 2.94. The molecule has 0 radical (unpaired) electrons. The second-order valence-corrected chi connectivity index (χ2v) is 5.17. The van der Waals surface area contributed by atoms with Gasteiger partial charge in [-0.05, 0) is 19.1 Å². The van der Waals surface area contributed by atoms with Crippen LogP contribution in [0, 0.1) is 12.7 Å². The van der Waals surface area contributed by atoms with Gasteiger partial charge in [-0.3, -0.25) is 0 Å². The van der Waals surface area contributed by atoms with Crippen molar-refractivity contribution in [1.29, 1.82) is 0 Å². The zero-order chi connectivity index (χ0) is 14.0. The average Bonchev–Trinajstić information content (AvgIpc) is 2.84. The molecule has 1 atom stereocenters. The highest BCUT2D eigenvalue weighted by Crippen LogP contribution is 2.23. The van der Waals surface area contributed by atoms with E-state index in [2.05, 4.69) is 5.32 Å². The summed E-state index contributed by atoms with van der Waals surface area (Å²) in [5, 5.41) is 11.6. The van der Waals surface area contributed by atoms with Gasteiger partial charge in [-0.15, -0.1) is 11.8 Å². The number of rotatable bonds is 2. The number of halogens is 1. The fourth-order valence-corrected chi connectivity index (χ4v) is 2.92. The summed E-state index contributed by atoms with van der Waals surface area (Å²) in [6, 6.07) is 3.02. The molecule has 2 amide bonds. The third-order valence-corrected chi connectivity index (χ3v) is 3.95. The zero-order valence-electron chi connectivity index (χ0n) is 10.2. The van der Waals surface area contributed by atoms with E-state index in [4.69, 9.17) is 5.11 Å². The molecule has 1 aromatic rings. The molecule has 0 aliphatic carbocycles. The van der Waals surface area contributed by atoms with Crippen molar-refractivity contribution in [2.45, 2.75) is 13.0 Å². The molecule has 1 aromatic carbocycles. The van der Waals surface area contributed by atoms with E-state index in [1.54, 1.807) is 13.0 Å². The Kier molecular flexibility index (Phi) is 3.94. The summed E-state index contributed by atoms with van der Waals surface area (Å²) in [7, 11) is 0. The monoisotopic (exact) mass is 284 g/mol. The van der Waals surface area contributed by atoms with Gasteiger partial charge in [-0.25, -0.2) is 14.0 Å². The van der Waals surface area contributed by atoms with Gasteiger partial charge < -0.3 is 15.3 Å². The average molecular weight is 284 g/mol. The van der Waals surface area contributed by atoms with Gasteiger partial charge in [0.25, 0.3) is 0 Å². The van der Waals surface area contributed by atoms with E-state index < -0.39 is 23.9 Å². The lowest BCUT2D eigenvalue weighted by molar-refractivity contribution is -0.140. The van der Waals surface area contributed by atoms with Gasteiger partial charge in [0.05, 0.1) is 5.88 Å². The summed E-state index contributed by atoms with van der Waals surface area (Å²) in [6.45, 7) is 1.55. The van der Waals surface area contributed by atoms with Crippen LogP contribution in [0.2, 0.25) is 0 Å². The van der Waals surface area contributed by atoms with Crippen molar-refractivity contribution in [3.63, 3.8) is 0 Å². The topological polar surface area (TPSA) is 69.6 Å². The van der Waals surface area contributed by atoms with Crippen molar-refractivity contribution in [3.8, 4) is 0 Å². The Balaban J connectivity index is 2.13. The molecule has 7 heteroatoms. The maximum absolute atomic E-state index is 13.3. The second-order valence-electron chi connectivity index (χ2n) is 4.17. The Hall–Kier alpha value is -1.76. The number of hydrogen-bond donors (Lipinski definition) is 2. The number of carbonyl (C=O) groups is 2. The summed E-state index contributed by atoms with van der Waals surface area (Å²) in [5.41, 5.74) is 0.681. The number of carboxylic acid groups (broad SMARTS) is 1. The molecular formula is C12H13FN2O3S. The first-order valence-corrected chi connectivity index (χ1v) is 6.79. The first-order chi connectivity index (χ1) is 9.00. The minimum Gasteiger partial charge on any atom is -0.480 e. The molecule has 1 saturated heterocycles. The SMILES string of the molecule is Cc1c(F)cccc1NC(=O)N1CSC[C@@H]1C(=O)O. The van der Waals surface area contributed by atoms with Crippen LogP contribution in [0.3, 0.4) is 0 Å². The van der Waals surface area contributed by atoms with Crippen molar-refractivity contribution < 1.29 is 19.1 Å². The van der Waals surface area contributed by atoms with Gasteiger partial charge in [0, 0.05) is 17.0 Å². The summed E-state index contributed by atoms with van der Waals surface area (Å²) < 4.78 is 13.3. The van der Waals surface area contributed by atoms with E-state index in [9.17, 15) is 14.0 Å². The molecule has 1 fully saturated rings. The van der Waals surface area contributed by atoms with Crippen LogP contribution in [0.5, 0.6) is 0 Å². The molecule has 1 aliphatic rings. The number of urea groups is 1. The molecule has 0 spiro atoms. The van der Waals surface area contributed by atoms with Crippen molar-refractivity contribution in [3.05, 3.63) is 29.6 Å². The lowest BCUT2D eigenvalue weighted by Gasteiger charge is -2.21. The van der Waals surface area contributed by atoms with Crippen molar-refractivity contribution in [2.24, 2.45) is 0 Å². The second kappa shape index (κ2) is 5.48. The smallest absolute Gasteiger partial charge is 0.327 e. The summed E-state index contributed by atoms with van der Waals surface area (Å²) in [6.07, 6.45) is 0. The van der Waals surface area contributed by atoms with Crippen LogP contribution in [-0.4, -0.2) is 39.7 Å². The quantitative estimate of drug-likeness (QED) is 0.873. The van der Waals surface area contributed by atoms with Gasteiger partial charge >= 0.3 is 12.0 Å². The molecule has 1 heterocycles. The van der Waals surface area contributed by atoms with E-state index in [1.165, 1.54) is 28.8 Å². The molecule has 5 nitrogen and oxygen atoms in total.